The molecule has 5 nitrogen and oxygen atoms in total. The van der Waals surface area contributed by atoms with Gasteiger partial charge < -0.3 is 19.8 Å². The van der Waals surface area contributed by atoms with E-state index in [1.165, 1.54) is 7.11 Å². The van der Waals surface area contributed by atoms with E-state index in [0.717, 1.165) is 12.1 Å². The average Bonchev–Trinajstić information content (AvgIpc) is 2.53. The molecule has 0 radical (unpaired) electrons. The molecule has 2 bridgehead atoms. The van der Waals surface area contributed by atoms with Gasteiger partial charge in [0.1, 0.15) is 5.78 Å². The predicted molar refractivity (Wildman–Crippen MR) is 91.6 cm³/mol. The summed E-state index contributed by atoms with van der Waals surface area (Å²) in [6.07, 6.45) is 1.96. The lowest BCUT2D eigenvalue weighted by Crippen LogP contribution is -2.69. The van der Waals surface area contributed by atoms with Crippen molar-refractivity contribution in [2.24, 2.45) is 0 Å². The highest BCUT2D eigenvalue weighted by Gasteiger charge is 2.61. The molecule has 2 aliphatic rings. The van der Waals surface area contributed by atoms with E-state index in [4.69, 9.17) is 4.74 Å². The van der Waals surface area contributed by atoms with Crippen LogP contribution in [0.1, 0.15) is 44.2 Å². The van der Waals surface area contributed by atoms with Crippen molar-refractivity contribution >= 4 is 5.78 Å². The third-order valence-corrected chi connectivity index (χ3v) is 6.27. The molecule has 0 amide bonds. The van der Waals surface area contributed by atoms with Crippen molar-refractivity contribution in [2.75, 3.05) is 20.7 Å². The summed E-state index contributed by atoms with van der Waals surface area (Å²) in [7, 11) is 3.53. The molecule has 1 aromatic rings. The van der Waals surface area contributed by atoms with Gasteiger partial charge in [0.15, 0.2) is 11.5 Å². The second kappa shape index (κ2) is 5.74. The molecule has 5 heteroatoms. The molecule has 3 rings (SSSR count). The summed E-state index contributed by atoms with van der Waals surface area (Å²) in [5, 5.41) is 22.3. The Morgan fingerprint density at radius 1 is 1.46 bits per heavy atom. The minimum absolute atomic E-state index is 0.0715. The number of ketones is 1. The van der Waals surface area contributed by atoms with Crippen LogP contribution in [0.3, 0.4) is 0 Å². The molecule has 3 unspecified atom stereocenters. The SMILES string of the molecule is CCC(=O)CC12CCN(C)C(Cc3ccc(OC)c(O)c31)C2(C)O. The van der Waals surface area contributed by atoms with Crippen LogP contribution in [0, 0.1) is 0 Å². The number of carbonyl (C=O) groups is 1. The number of carbonyl (C=O) groups excluding carboxylic acids is 1. The lowest BCUT2D eigenvalue weighted by atomic mass is 9.53. The van der Waals surface area contributed by atoms with Crippen LogP contribution >= 0.6 is 0 Å². The quantitative estimate of drug-likeness (QED) is 0.882. The van der Waals surface area contributed by atoms with Crippen LogP contribution in [0.5, 0.6) is 11.5 Å². The maximum atomic E-state index is 12.4. The van der Waals surface area contributed by atoms with Gasteiger partial charge in [0.2, 0.25) is 0 Å². The van der Waals surface area contributed by atoms with Gasteiger partial charge in [-0.05, 0) is 45.0 Å². The Hall–Kier alpha value is -1.59. The Bertz CT molecular complexity index is 670. The van der Waals surface area contributed by atoms with E-state index in [0.29, 0.717) is 30.6 Å². The van der Waals surface area contributed by atoms with Gasteiger partial charge in [-0.2, -0.15) is 0 Å². The number of hydrogen-bond acceptors (Lipinski definition) is 5. The van der Waals surface area contributed by atoms with Crippen LogP contribution in [-0.2, 0) is 16.6 Å². The van der Waals surface area contributed by atoms with Crippen LogP contribution in [0.4, 0.5) is 0 Å². The summed E-state index contributed by atoms with van der Waals surface area (Å²) in [6.45, 7) is 4.45. The van der Waals surface area contributed by atoms with E-state index < -0.39 is 11.0 Å². The first kappa shape index (κ1) is 17.2. The van der Waals surface area contributed by atoms with Crippen LogP contribution in [0.2, 0.25) is 0 Å². The lowest BCUT2D eigenvalue weighted by Gasteiger charge is -2.60. The van der Waals surface area contributed by atoms with Gasteiger partial charge in [-0.25, -0.2) is 0 Å². The zero-order valence-corrected chi connectivity index (χ0v) is 14.9. The molecule has 3 atom stereocenters. The molecular weight excluding hydrogens is 306 g/mol. The highest BCUT2D eigenvalue weighted by atomic mass is 16.5. The Kier molecular flexibility index (Phi) is 4.12. The largest absolute Gasteiger partial charge is 0.504 e. The lowest BCUT2D eigenvalue weighted by molar-refractivity contribution is -0.144. The van der Waals surface area contributed by atoms with Gasteiger partial charge in [0.25, 0.3) is 0 Å². The molecule has 1 saturated heterocycles. The number of aromatic hydroxyl groups is 1. The number of aliphatic hydroxyl groups is 1. The molecule has 1 heterocycles. The number of nitrogens with zero attached hydrogens (tertiary/aromatic N) is 1. The fraction of sp³-hybridized carbons (Fsp3) is 0.632. The Morgan fingerprint density at radius 2 is 2.17 bits per heavy atom. The summed E-state index contributed by atoms with van der Waals surface area (Å²) in [5.74, 6) is 0.570. The number of Topliss-reactive ketones (excluding diaryl/α,β-unsaturated/α-hetero) is 1. The third kappa shape index (κ3) is 2.18. The van der Waals surface area contributed by atoms with Crippen LogP contribution < -0.4 is 4.74 Å². The predicted octanol–water partition coefficient (Wildman–Crippen LogP) is 2.02. The molecule has 1 fully saturated rings. The van der Waals surface area contributed by atoms with Crippen molar-refractivity contribution in [1.29, 1.82) is 0 Å². The number of fused-ring (bicyclic) bond motifs is 4. The third-order valence-electron chi connectivity index (χ3n) is 6.27. The van der Waals surface area contributed by atoms with E-state index in [-0.39, 0.29) is 24.0 Å². The minimum atomic E-state index is -1.10. The molecule has 132 valence electrons. The van der Waals surface area contributed by atoms with E-state index in [1.807, 2.05) is 27.0 Å². The summed E-state index contributed by atoms with van der Waals surface area (Å²) < 4.78 is 5.29. The molecule has 0 aromatic heterocycles. The minimum Gasteiger partial charge on any atom is -0.504 e. The van der Waals surface area contributed by atoms with E-state index >= 15 is 0 Å². The smallest absolute Gasteiger partial charge is 0.161 e. The first-order valence-corrected chi connectivity index (χ1v) is 8.62. The summed E-state index contributed by atoms with van der Waals surface area (Å²) in [4.78, 5) is 14.5. The van der Waals surface area contributed by atoms with Crippen molar-refractivity contribution in [2.45, 2.75) is 56.6 Å². The molecule has 0 spiro atoms. The van der Waals surface area contributed by atoms with Gasteiger partial charge in [-0.1, -0.05) is 13.0 Å². The zero-order chi connectivity index (χ0) is 17.7. The second-order valence-electron chi connectivity index (χ2n) is 7.40. The Morgan fingerprint density at radius 3 is 2.79 bits per heavy atom. The average molecular weight is 333 g/mol. The second-order valence-corrected chi connectivity index (χ2v) is 7.40. The Labute approximate surface area is 143 Å². The van der Waals surface area contributed by atoms with Gasteiger partial charge >= 0.3 is 0 Å². The van der Waals surface area contributed by atoms with Gasteiger partial charge in [0.05, 0.1) is 12.7 Å². The molecule has 1 aliphatic carbocycles. The van der Waals surface area contributed by atoms with Crippen molar-refractivity contribution in [3.05, 3.63) is 23.3 Å². The monoisotopic (exact) mass is 333 g/mol. The number of phenolic OH excluding ortho intramolecular Hbond substituents is 1. The number of methoxy groups -OCH3 is 1. The highest BCUT2D eigenvalue weighted by molar-refractivity contribution is 5.81. The normalized spacial score (nSPS) is 32.3. The van der Waals surface area contributed by atoms with E-state index in [2.05, 4.69) is 4.90 Å². The number of phenols is 1. The summed E-state index contributed by atoms with van der Waals surface area (Å²) >= 11 is 0. The van der Waals surface area contributed by atoms with Crippen molar-refractivity contribution in [3.8, 4) is 11.5 Å². The topological polar surface area (TPSA) is 70.0 Å². The van der Waals surface area contributed by atoms with E-state index in [1.54, 1.807) is 6.07 Å². The summed E-state index contributed by atoms with van der Waals surface area (Å²) in [6, 6.07) is 3.65. The first-order valence-electron chi connectivity index (χ1n) is 8.62. The molecule has 24 heavy (non-hydrogen) atoms. The maximum Gasteiger partial charge on any atom is 0.161 e. The number of likely N-dealkylation sites (N-methyl/N-ethyl adjacent to an activating group) is 1. The number of piperidine rings is 1. The van der Waals surface area contributed by atoms with Crippen molar-refractivity contribution < 1.29 is 19.7 Å². The zero-order valence-electron chi connectivity index (χ0n) is 14.9. The van der Waals surface area contributed by atoms with Crippen molar-refractivity contribution in [1.82, 2.24) is 4.90 Å². The fourth-order valence-electron chi connectivity index (χ4n) is 4.77. The number of likely N-dealkylation sites (tertiary alicyclic amines) is 1. The van der Waals surface area contributed by atoms with Gasteiger partial charge in [-0.3, -0.25) is 4.79 Å². The maximum absolute atomic E-state index is 12.4. The number of rotatable bonds is 4. The van der Waals surface area contributed by atoms with Gasteiger partial charge in [-0.15, -0.1) is 0 Å². The number of hydrogen-bond donors (Lipinski definition) is 2. The number of ether oxygens (including phenoxy) is 1. The highest BCUT2D eigenvalue weighted by Crippen LogP contribution is 2.57. The number of benzene rings is 1. The fourth-order valence-corrected chi connectivity index (χ4v) is 4.77. The van der Waals surface area contributed by atoms with Crippen LogP contribution in [0.15, 0.2) is 12.1 Å². The molecule has 1 aromatic carbocycles. The molecule has 1 aliphatic heterocycles. The van der Waals surface area contributed by atoms with Crippen LogP contribution in [-0.4, -0.2) is 53.2 Å². The van der Waals surface area contributed by atoms with Gasteiger partial charge in [0, 0.05) is 29.9 Å². The molecular formula is C19H27NO4. The van der Waals surface area contributed by atoms with Crippen molar-refractivity contribution in [3.63, 3.8) is 0 Å². The molecule has 0 saturated carbocycles. The molecule has 2 N–H and O–H groups in total. The van der Waals surface area contributed by atoms with Crippen LogP contribution in [0.25, 0.3) is 0 Å². The van der Waals surface area contributed by atoms with E-state index in [9.17, 15) is 15.0 Å². The standard InChI is InChI=1S/C19H27NO4/c1-5-13(21)11-19-8-9-20(3)15(18(19,2)23)10-12-6-7-14(24-4)17(22)16(12)19/h6-7,15,22-23H,5,8-11H2,1-4H3. The summed E-state index contributed by atoms with van der Waals surface area (Å²) in [5.41, 5.74) is -0.163. The first-order chi connectivity index (χ1) is 11.3. The Balaban J connectivity index is 2.27.